The van der Waals surface area contributed by atoms with E-state index in [9.17, 15) is 9.59 Å². The van der Waals surface area contributed by atoms with E-state index in [1.807, 2.05) is 55.5 Å². The maximum Gasteiger partial charge on any atom is 0.261 e. The zero-order valence-electron chi connectivity index (χ0n) is 17.5. The third-order valence-corrected chi connectivity index (χ3v) is 5.87. The van der Waals surface area contributed by atoms with Crippen LogP contribution in [0.4, 0.5) is 0 Å². The van der Waals surface area contributed by atoms with Crippen molar-refractivity contribution in [3.05, 3.63) is 70.5 Å². The summed E-state index contributed by atoms with van der Waals surface area (Å²) in [5.74, 6) is 1.61. The zero-order valence-corrected chi connectivity index (χ0v) is 17.5. The molecule has 0 bridgehead atoms. The quantitative estimate of drug-likeness (QED) is 0.503. The molecular weight excluding hydrogens is 390 g/mol. The maximum absolute atomic E-state index is 12.9. The van der Waals surface area contributed by atoms with Crippen LogP contribution in [0.15, 0.2) is 53.3 Å². The minimum atomic E-state index is -0.0353. The van der Waals surface area contributed by atoms with Gasteiger partial charge in [-0.15, -0.1) is 0 Å². The first-order valence-electron chi connectivity index (χ1n) is 10.8. The summed E-state index contributed by atoms with van der Waals surface area (Å²) in [6.07, 6.45) is 2.76. The summed E-state index contributed by atoms with van der Waals surface area (Å²) in [5, 5.41) is 3.64. The number of nitrogens with one attached hydrogen (secondary N) is 1. The van der Waals surface area contributed by atoms with Crippen molar-refractivity contribution < 1.29 is 4.79 Å². The maximum atomic E-state index is 12.9. The summed E-state index contributed by atoms with van der Waals surface area (Å²) >= 11 is 0. The summed E-state index contributed by atoms with van der Waals surface area (Å²) < 4.78 is 3.92. The van der Waals surface area contributed by atoms with Gasteiger partial charge in [0.15, 0.2) is 0 Å². The molecule has 0 spiro atoms. The molecule has 2 aromatic heterocycles. The average molecular weight is 415 g/mol. The van der Waals surface area contributed by atoms with Gasteiger partial charge in [0, 0.05) is 32.0 Å². The molecule has 31 heavy (non-hydrogen) atoms. The van der Waals surface area contributed by atoms with Crippen molar-refractivity contribution in [2.24, 2.45) is 0 Å². The lowest BCUT2D eigenvalue weighted by Gasteiger charge is -2.13. The minimum Gasteiger partial charge on any atom is -0.354 e. The van der Waals surface area contributed by atoms with Crippen molar-refractivity contribution in [1.29, 1.82) is 0 Å². The lowest BCUT2D eigenvalue weighted by molar-refractivity contribution is -0.121. The van der Waals surface area contributed by atoms with Crippen molar-refractivity contribution >= 4 is 27.8 Å². The van der Waals surface area contributed by atoms with E-state index in [4.69, 9.17) is 4.98 Å². The number of rotatable bonds is 7. The molecule has 0 radical (unpaired) electrons. The Morgan fingerprint density at radius 2 is 1.81 bits per heavy atom. The zero-order chi connectivity index (χ0) is 21.4. The van der Waals surface area contributed by atoms with Crippen LogP contribution in [0.25, 0.3) is 21.9 Å². The molecule has 1 saturated carbocycles. The van der Waals surface area contributed by atoms with Gasteiger partial charge in [0.1, 0.15) is 11.6 Å². The number of carbonyl (C=O) groups excluding carboxylic acids is 1. The largest absolute Gasteiger partial charge is 0.354 e. The van der Waals surface area contributed by atoms with Crippen LogP contribution in [0.2, 0.25) is 0 Å². The Hall–Kier alpha value is -3.48. The van der Waals surface area contributed by atoms with Crippen molar-refractivity contribution in [2.45, 2.75) is 45.2 Å². The highest BCUT2D eigenvalue weighted by molar-refractivity contribution is 5.78. The average Bonchev–Trinajstić information content (AvgIpc) is 3.56. The summed E-state index contributed by atoms with van der Waals surface area (Å²) in [6, 6.07) is 15.7. The number of hydrogen-bond donors (Lipinski definition) is 1. The monoisotopic (exact) mass is 415 g/mol. The lowest BCUT2D eigenvalue weighted by Crippen LogP contribution is -2.29. The molecule has 7 heteroatoms. The Bertz CT molecular complexity index is 1330. The van der Waals surface area contributed by atoms with Crippen molar-refractivity contribution in [2.75, 3.05) is 6.54 Å². The molecular formula is C24H25N5O2. The minimum absolute atomic E-state index is 0.00553. The molecule has 0 saturated heterocycles. The first-order chi connectivity index (χ1) is 15.1. The van der Waals surface area contributed by atoms with Crippen LogP contribution in [-0.2, 0) is 17.8 Å². The number of hydrogen-bond acceptors (Lipinski definition) is 4. The van der Waals surface area contributed by atoms with Gasteiger partial charge >= 0.3 is 0 Å². The highest BCUT2D eigenvalue weighted by Gasteiger charge is 2.28. The van der Waals surface area contributed by atoms with E-state index in [-0.39, 0.29) is 17.5 Å². The van der Waals surface area contributed by atoms with Crippen LogP contribution in [-0.4, -0.2) is 31.6 Å². The summed E-state index contributed by atoms with van der Waals surface area (Å²) in [7, 11) is 0. The Morgan fingerprint density at radius 3 is 2.61 bits per heavy atom. The normalized spacial score (nSPS) is 13.7. The van der Waals surface area contributed by atoms with E-state index in [1.165, 1.54) is 0 Å². The Morgan fingerprint density at radius 1 is 1.06 bits per heavy atom. The number of nitrogens with zero attached hydrogens (tertiary/aromatic N) is 4. The number of aromatic nitrogens is 4. The molecule has 4 aromatic rings. The van der Waals surface area contributed by atoms with Crippen molar-refractivity contribution in [1.82, 2.24) is 24.4 Å². The first-order valence-corrected chi connectivity index (χ1v) is 10.8. The topological polar surface area (TPSA) is 81.8 Å². The van der Waals surface area contributed by atoms with Crippen molar-refractivity contribution in [3.8, 4) is 0 Å². The molecule has 2 heterocycles. The van der Waals surface area contributed by atoms with Crippen LogP contribution < -0.4 is 10.9 Å². The Labute approximate surface area is 179 Å². The second-order valence-corrected chi connectivity index (χ2v) is 8.10. The third-order valence-electron chi connectivity index (χ3n) is 5.87. The predicted molar refractivity (Wildman–Crippen MR) is 120 cm³/mol. The van der Waals surface area contributed by atoms with Crippen LogP contribution in [0.1, 0.15) is 37.0 Å². The highest BCUT2D eigenvalue weighted by Crippen LogP contribution is 2.34. The molecule has 1 amide bonds. The van der Waals surface area contributed by atoms with Gasteiger partial charge in [-0.1, -0.05) is 24.3 Å². The summed E-state index contributed by atoms with van der Waals surface area (Å²) in [6.45, 7) is 3.17. The van der Waals surface area contributed by atoms with E-state index in [1.54, 1.807) is 4.57 Å². The number of carbonyl (C=O) groups is 1. The van der Waals surface area contributed by atoms with Crippen LogP contribution in [0.3, 0.4) is 0 Å². The fourth-order valence-electron chi connectivity index (χ4n) is 4.18. The molecule has 0 unspecified atom stereocenters. The number of fused-ring (bicyclic) bond motifs is 2. The van der Waals surface area contributed by atoms with Gasteiger partial charge in [-0.2, -0.15) is 0 Å². The smallest absolute Gasteiger partial charge is 0.261 e. The third kappa shape index (κ3) is 3.83. The van der Waals surface area contributed by atoms with Crippen LogP contribution in [0, 0.1) is 6.92 Å². The second kappa shape index (κ2) is 7.98. The number of para-hydroxylation sites is 3. The van der Waals surface area contributed by atoms with Gasteiger partial charge in [-0.05, 0) is 44.0 Å². The molecule has 1 aliphatic rings. The predicted octanol–water partition coefficient (Wildman–Crippen LogP) is 3.14. The SMILES string of the molecule is Cc1nc2ccccc2n1CCNC(=O)CCc1nc2ccccc2c(=O)n1C1CC1. The van der Waals surface area contributed by atoms with Gasteiger partial charge in [0.2, 0.25) is 5.91 Å². The lowest BCUT2D eigenvalue weighted by atomic mass is 10.2. The number of benzene rings is 2. The Kier molecular flexibility index (Phi) is 5.02. The van der Waals surface area contributed by atoms with Gasteiger partial charge in [-0.25, -0.2) is 9.97 Å². The van der Waals surface area contributed by atoms with Crippen molar-refractivity contribution in [3.63, 3.8) is 0 Å². The highest BCUT2D eigenvalue weighted by atomic mass is 16.1. The molecule has 7 nitrogen and oxygen atoms in total. The fraction of sp³-hybridized carbons (Fsp3) is 0.333. The van der Waals surface area contributed by atoms with Gasteiger partial charge < -0.3 is 9.88 Å². The first kappa shape index (κ1) is 19.5. The standard InChI is InChI=1S/C24H25N5O2/c1-16-26-20-8-4-5-9-21(20)28(16)15-14-25-23(30)13-12-22-27-19-7-3-2-6-18(19)24(31)29(22)17-10-11-17/h2-9,17H,10-15H2,1H3,(H,25,30). The van der Waals surface area contributed by atoms with E-state index >= 15 is 0 Å². The molecule has 1 N–H and O–H groups in total. The molecule has 158 valence electrons. The van der Waals surface area contributed by atoms with E-state index < -0.39 is 0 Å². The van der Waals surface area contributed by atoms with Gasteiger partial charge in [0.05, 0.1) is 21.9 Å². The summed E-state index contributed by atoms with van der Waals surface area (Å²) in [4.78, 5) is 34.7. The Balaban J connectivity index is 1.25. The molecule has 0 aliphatic heterocycles. The van der Waals surface area contributed by atoms with Crippen LogP contribution >= 0.6 is 0 Å². The molecule has 1 aliphatic carbocycles. The second-order valence-electron chi connectivity index (χ2n) is 8.10. The van der Waals surface area contributed by atoms with Crippen LogP contribution in [0.5, 0.6) is 0 Å². The van der Waals surface area contributed by atoms with E-state index in [0.29, 0.717) is 42.7 Å². The molecule has 2 aromatic carbocycles. The van der Waals surface area contributed by atoms with Gasteiger partial charge in [-0.3, -0.25) is 14.2 Å². The summed E-state index contributed by atoms with van der Waals surface area (Å²) in [5.41, 5.74) is 2.74. The number of imidazole rings is 1. The number of aryl methyl sites for hydroxylation is 2. The molecule has 5 rings (SSSR count). The fourth-order valence-corrected chi connectivity index (χ4v) is 4.18. The van der Waals surface area contributed by atoms with E-state index in [0.717, 1.165) is 29.7 Å². The van der Waals surface area contributed by atoms with E-state index in [2.05, 4.69) is 14.9 Å². The number of amides is 1. The molecule has 1 fully saturated rings. The van der Waals surface area contributed by atoms with Gasteiger partial charge in [0.25, 0.3) is 5.56 Å². The molecule has 0 atom stereocenters.